The fourth-order valence-corrected chi connectivity index (χ4v) is 3.21. The molecule has 1 aliphatic rings. The van der Waals surface area contributed by atoms with Crippen molar-refractivity contribution in [3.8, 4) is 0 Å². The van der Waals surface area contributed by atoms with Crippen molar-refractivity contribution < 1.29 is 9.53 Å². The standard InChI is InChI=1S/C18H32N4O2/c1-17(2,3)24-16(23)21-18(4,5)9-10-20-14-7-6-8-15(14)22-12-11-19-13-22/h11-15,20H,6-10H2,1-5H3,(H,21,23). The molecule has 1 saturated carbocycles. The predicted molar refractivity (Wildman–Crippen MR) is 95.0 cm³/mol. The van der Waals surface area contributed by atoms with E-state index in [1.165, 1.54) is 19.3 Å². The second kappa shape index (κ2) is 7.55. The zero-order valence-corrected chi connectivity index (χ0v) is 15.6. The number of nitrogens with one attached hydrogen (secondary N) is 2. The topological polar surface area (TPSA) is 68.2 Å². The van der Waals surface area contributed by atoms with Gasteiger partial charge in [0.1, 0.15) is 5.60 Å². The van der Waals surface area contributed by atoms with Crippen LogP contribution in [0.5, 0.6) is 0 Å². The number of imidazole rings is 1. The van der Waals surface area contributed by atoms with Crippen LogP contribution in [0.2, 0.25) is 0 Å². The van der Waals surface area contributed by atoms with Crippen LogP contribution in [0.4, 0.5) is 4.79 Å². The molecule has 1 amide bonds. The summed E-state index contributed by atoms with van der Waals surface area (Å²) in [6.45, 7) is 10.5. The molecule has 2 atom stereocenters. The largest absolute Gasteiger partial charge is 0.444 e. The molecule has 0 aliphatic heterocycles. The van der Waals surface area contributed by atoms with E-state index >= 15 is 0 Å². The van der Waals surface area contributed by atoms with Gasteiger partial charge in [0.25, 0.3) is 0 Å². The van der Waals surface area contributed by atoms with Gasteiger partial charge in [-0.05, 0) is 66.8 Å². The molecule has 24 heavy (non-hydrogen) atoms. The molecule has 0 saturated heterocycles. The normalized spacial score (nSPS) is 21.7. The molecule has 6 nitrogen and oxygen atoms in total. The van der Waals surface area contributed by atoms with Gasteiger partial charge in [-0.2, -0.15) is 0 Å². The summed E-state index contributed by atoms with van der Waals surface area (Å²) in [5.41, 5.74) is -0.779. The van der Waals surface area contributed by atoms with E-state index in [9.17, 15) is 4.79 Å². The van der Waals surface area contributed by atoms with Crippen LogP contribution in [0.1, 0.15) is 66.3 Å². The first-order valence-electron chi connectivity index (χ1n) is 8.88. The third kappa shape index (κ3) is 5.82. The van der Waals surface area contributed by atoms with Crippen LogP contribution in [0.25, 0.3) is 0 Å². The molecule has 0 spiro atoms. The van der Waals surface area contributed by atoms with Crippen LogP contribution in [0.3, 0.4) is 0 Å². The Bertz CT molecular complexity index is 520. The lowest BCUT2D eigenvalue weighted by molar-refractivity contribution is 0.0468. The van der Waals surface area contributed by atoms with Gasteiger partial charge in [0, 0.05) is 30.0 Å². The van der Waals surface area contributed by atoms with Crippen LogP contribution in [0.15, 0.2) is 18.7 Å². The van der Waals surface area contributed by atoms with E-state index in [1.807, 2.05) is 53.3 Å². The Morgan fingerprint density at radius 2 is 2.04 bits per heavy atom. The van der Waals surface area contributed by atoms with Crippen LogP contribution in [-0.4, -0.2) is 39.4 Å². The zero-order chi connectivity index (χ0) is 17.8. The molecule has 0 aromatic carbocycles. The number of carbonyl (C=O) groups excluding carboxylic acids is 1. The lowest BCUT2D eigenvalue weighted by atomic mass is 10.0. The summed E-state index contributed by atoms with van der Waals surface area (Å²) in [5, 5.41) is 6.62. The van der Waals surface area contributed by atoms with Crippen molar-refractivity contribution in [2.45, 2.75) is 83.5 Å². The Morgan fingerprint density at radius 3 is 2.67 bits per heavy atom. The molecule has 0 radical (unpaired) electrons. The van der Waals surface area contributed by atoms with Gasteiger partial charge in [-0.1, -0.05) is 0 Å². The average Bonchev–Trinajstić information content (AvgIpc) is 3.04. The minimum atomic E-state index is -0.472. The number of ether oxygens (including phenoxy) is 1. The van der Waals surface area contributed by atoms with Gasteiger partial charge in [-0.25, -0.2) is 9.78 Å². The van der Waals surface area contributed by atoms with E-state index in [-0.39, 0.29) is 11.6 Å². The number of amides is 1. The van der Waals surface area contributed by atoms with Crippen molar-refractivity contribution in [2.75, 3.05) is 6.54 Å². The molecule has 2 rings (SSSR count). The molecule has 2 N–H and O–H groups in total. The van der Waals surface area contributed by atoms with Gasteiger partial charge in [0.05, 0.1) is 6.33 Å². The minimum Gasteiger partial charge on any atom is -0.444 e. The summed E-state index contributed by atoms with van der Waals surface area (Å²) >= 11 is 0. The Hall–Kier alpha value is -1.56. The highest BCUT2D eigenvalue weighted by Gasteiger charge is 2.29. The summed E-state index contributed by atoms with van der Waals surface area (Å²) < 4.78 is 7.54. The first kappa shape index (κ1) is 18.8. The smallest absolute Gasteiger partial charge is 0.408 e. The Morgan fingerprint density at radius 1 is 1.29 bits per heavy atom. The van der Waals surface area contributed by atoms with Crippen molar-refractivity contribution in [1.29, 1.82) is 0 Å². The average molecular weight is 336 g/mol. The summed E-state index contributed by atoms with van der Waals surface area (Å²) in [6.07, 6.45) is 9.88. The Labute approximate surface area is 145 Å². The molecule has 1 fully saturated rings. The van der Waals surface area contributed by atoms with E-state index in [0.29, 0.717) is 12.1 Å². The monoisotopic (exact) mass is 336 g/mol. The lowest BCUT2D eigenvalue weighted by Gasteiger charge is -2.30. The summed E-state index contributed by atoms with van der Waals surface area (Å²) in [5.74, 6) is 0. The molecule has 1 aromatic heterocycles. The van der Waals surface area contributed by atoms with Crippen LogP contribution in [-0.2, 0) is 4.74 Å². The maximum absolute atomic E-state index is 11.9. The molecule has 136 valence electrons. The first-order chi connectivity index (χ1) is 11.2. The molecule has 0 bridgehead atoms. The van der Waals surface area contributed by atoms with Gasteiger partial charge in [0.15, 0.2) is 0 Å². The predicted octanol–water partition coefficient (Wildman–Crippen LogP) is 3.26. The fraction of sp³-hybridized carbons (Fsp3) is 0.778. The molecule has 2 unspecified atom stereocenters. The quantitative estimate of drug-likeness (QED) is 0.837. The SMILES string of the molecule is CC(C)(CCNC1CCCC1n1ccnc1)NC(=O)OC(C)(C)C. The van der Waals surface area contributed by atoms with Gasteiger partial charge < -0.3 is 19.9 Å². The van der Waals surface area contributed by atoms with Crippen molar-refractivity contribution in [3.63, 3.8) is 0 Å². The summed E-state index contributed by atoms with van der Waals surface area (Å²) in [6, 6.07) is 0.950. The lowest BCUT2D eigenvalue weighted by Crippen LogP contribution is -2.48. The third-order valence-electron chi connectivity index (χ3n) is 4.38. The molecular formula is C18H32N4O2. The fourth-order valence-electron chi connectivity index (χ4n) is 3.21. The number of nitrogens with zero attached hydrogens (tertiary/aromatic N) is 2. The number of hydrogen-bond donors (Lipinski definition) is 2. The Balaban J connectivity index is 1.77. The van der Waals surface area contributed by atoms with E-state index < -0.39 is 5.60 Å². The van der Waals surface area contributed by atoms with E-state index in [1.54, 1.807) is 0 Å². The van der Waals surface area contributed by atoms with Crippen molar-refractivity contribution in [2.24, 2.45) is 0 Å². The van der Waals surface area contributed by atoms with Gasteiger partial charge >= 0.3 is 6.09 Å². The number of aromatic nitrogens is 2. The van der Waals surface area contributed by atoms with Gasteiger partial charge in [-0.3, -0.25) is 0 Å². The molecule has 1 aromatic rings. The second-order valence-corrected chi connectivity index (χ2v) is 8.33. The van der Waals surface area contributed by atoms with Crippen LogP contribution in [0, 0.1) is 0 Å². The number of alkyl carbamates (subject to hydrolysis) is 1. The highest BCUT2D eigenvalue weighted by molar-refractivity contribution is 5.68. The highest BCUT2D eigenvalue weighted by atomic mass is 16.6. The van der Waals surface area contributed by atoms with Crippen LogP contribution >= 0.6 is 0 Å². The maximum Gasteiger partial charge on any atom is 0.408 e. The first-order valence-corrected chi connectivity index (χ1v) is 8.88. The molecular weight excluding hydrogens is 304 g/mol. The highest BCUT2D eigenvalue weighted by Crippen LogP contribution is 2.30. The minimum absolute atomic E-state index is 0.307. The zero-order valence-electron chi connectivity index (χ0n) is 15.6. The maximum atomic E-state index is 11.9. The van der Waals surface area contributed by atoms with Crippen molar-refractivity contribution >= 4 is 6.09 Å². The number of carbonyl (C=O) groups is 1. The van der Waals surface area contributed by atoms with Crippen molar-refractivity contribution in [3.05, 3.63) is 18.7 Å². The molecule has 6 heteroatoms. The Kier molecular flexibility index (Phi) is 5.91. The van der Waals surface area contributed by atoms with Gasteiger partial charge in [-0.15, -0.1) is 0 Å². The molecule has 1 aliphatic carbocycles. The second-order valence-electron chi connectivity index (χ2n) is 8.33. The number of rotatable bonds is 6. The van der Waals surface area contributed by atoms with E-state index in [4.69, 9.17) is 4.74 Å². The molecule has 1 heterocycles. The summed E-state index contributed by atoms with van der Waals surface area (Å²) in [4.78, 5) is 16.1. The van der Waals surface area contributed by atoms with Gasteiger partial charge in [0.2, 0.25) is 0 Å². The van der Waals surface area contributed by atoms with E-state index in [2.05, 4.69) is 20.2 Å². The third-order valence-corrected chi connectivity index (χ3v) is 4.38. The van der Waals surface area contributed by atoms with E-state index in [0.717, 1.165) is 13.0 Å². The number of hydrogen-bond acceptors (Lipinski definition) is 4. The van der Waals surface area contributed by atoms with Crippen LogP contribution < -0.4 is 10.6 Å². The van der Waals surface area contributed by atoms with Crippen molar-refractivity contribution in [1.82, 2.24) is 20.2 Å². The summed E-state index contributed by atoms with van der Waals surface area (Å²) in [7, 11) is 0.